The monoisotopic (exact) mass is 361 g/mol. The first-order chi connectivity index (χ1) is 13.3. The lowest BCUT2D eigenvalue weighted by Crippen LogP contribution is -2.51. The van der Waals surface area contributed by atoms with Crippen molar-refractivity contribution < 1.29 is 4.79 Å². The number of piperazine rings is 1. The molecule has 1 saturated carbocycles. The van der Waals surface area contributed by atoms with Gasteiger partial charge in [-0.1, -0.05) is 66.7 Å². The van der Waals surface area contributed by atoms with Crippen molar-refractivity contribution >= 4 is 6.03 Å². The first-order valence-corrected chi connectivity index (χ1v) is 9.87. The Bertz CT molecular complexity index is 723. The molecule has 4 heteroatoms. The molecule has 0 spiro atoms. The quantitative estimate of drug-likeness (QED) is 0.873. The molecule has 0 unspecified atom stereocenters. The van der Waals surface area contributed by atoms with Gasteiger partial charge >= 0.3 is 6.03 Å². The Balaban J connectivity index is 1.41. The van der Waals surface area contributed by atoms with Crippen LogP contribution in [0.4, 0.5) is 4.79 Å². The van der Waals surface area contributed by atoms with Crippen molar-refractivity contribution in [2.24, 2.45) is 5.92 Å². The fourth-order valence-electron chi connectivity index (χ4n) is 3.70. The van der Waals surface area contributed by atoms with E-state index in [1.807, 2.05) is 11.1 Å². The van der Waals surface area contributed by atoms with Gasteiger partial charge in [0.2, 0.25) is 0 Å². The summed E-state index contributed by atoms with van der Waals surface area (Å²) in [6, 6.07) is 21.5. The van der Waals surface area contributed by atoms with Crippen LogP contribution in [0, 0.1) is 5.92 Å². The maximum Gasteiger partial charge on any atom is 0.321 e. The van der Waals surface area contributed by atoms with E-state index in [1.54, 1.807) is 0 Å². The van der Waals surface area contributed by atoms with Gasteiger partial charge in [0.1, 0.15) is 0 Å². The van der Waals surface area contributed by atoms with E-state index in [4.69, 9.17) is 0 Å². The summed E-state index contributed by atoms with van der Waals surface area (Å²) in [5, 5.41) is 2.92. The molecule has 1 aliphatic carbocycles. The van der Waals surface area contributed by atoms with Gasteiger partial charge in [0.15, 0.2) is 0 Å². The molecule has 0 bridgehead atoms. The number of rotatable bonds is 5. The van der Waals surface area contributed by atoms with Gasteiger partial charge in [-0.15, -0.1) is 0 Å². The number of urea groups is 1. The number of allylic oxidation sites excluding steroid dienone is 1. The van der Waals surface area contributed by atoms with E-state index in [0.29, 0.717) is 5.92 Å². The predicted octanol–water partition coefficient (Wildman–Crippen LogP) is 4.03. The van der Waals surface area contributed by atoms with Gasteiger partial charge in [0.25, 0.3) is 0 Å². The third-order valence-electron chi connectivity index (χ3n) is 5.39. The minimum absolute atomic E-state index is 0.0162. The Morgan fingerprint density at radius 1 is 0.889 bits per heavy atom. The van der Waals surface area contributed by atoms with Crippen molar-refractivity contribution in [2.45, 2.75) is 18.9 Å². The van der Waals surface area contributed by atoms with E-state index < -0.39 is 0 Å². The smallest absolute Gasteiger partial charge is 0.321 e. The highest BCUT2D eigenvalue weighted by Crippen LogP contribution is 2.30. The molecule has 1 aliphatic heterocycles. The molecule has 2 amide bonds. The second-order valence-corrected chi connectivity index (χ2v) is 7.39. The minimum atomic E-state index is 0.0162. The Morgan fingerprint density at radius 3 is 1.96 bits per heavy atom. The Morgan fingerprint density at radius 2 is 1.44 bits per heavy atom. The van der Waals surface area contributed by atoms with Crippen molar-refractivity contribution in [1.82, 2.24) is 15.1 Å². The van der Waals surface area contributed by atoms with Gasteiger partial charge in [-0.05, 0) is 29.9 Å². The van der Waals surface area contributed by atoms with E-state index in [2.05, 4.69) is 77.0 Å². The van der Waals surface area contributed by atoms with Crippen molar-refractivity contribution in [3.63, 3.8) is 0 Å². The second kappa shape index (κ2) is 8.40. The number of carbonyl (C=O) groups excluding carboxylic acids is 1. The van der Waals surface area contributed by atoms with Crippen LogP contribution in [0.5, 0.6) is 0 Å². The Kier molecular flexibility index (Phi) is 5.54. The van der Waals surface area contributed by atoms with Crippen molar-refractivity contribution in [3.05, 3.63) is 84.1 Å². The molecule has 0 aromatic heterocycles. The van der Waals surface area contributed by atoms with E-state index in [-0.39, 0.29) is 12.1 Å². The van der Waals surface area contributed by atoms with Crippen LogP contribution >= 0.6 is 0 Å². The lowest BCUT2D eigenvalue weighted by atomic mass is 9.96. The zero-order chi connectivity index (χ0) is 18.5. The van der Waals surface area contributed by atoms with Crippen molar-refractivity contribution in [2.75, 3.05) is 26.2 Å². The molecule has 0 radical (unpaired) electrons. The summed E-state index contributed by atoms with van der Waals surface area (Å²) in [6.45, 7) is 3.24. The number of hydrogen-bond donors (Lipinski definition) is 1. The second-order valence-electron chi connectivity index (χ2n) is 7.39. The fraction of sp³-hybridized carbons (Fsp3) is 0.348. The summed E-state index contributed by atoms with van der Waals surface area (Å²) in [5.74, 6) is 0.680. The molecule has 2 aromatic carbocycles. The standard InChI is InChI=1S/C23H27N3O/c27-23(24-14-13-19-11-12-19)26-17-15-25(16-18-26)22(20-7-3-1-4-8-20)21-9-5-2-6-10-21/h1-10,13-14,19,22H,11-12,15-18H2,(H,24,27)/b14-13+. The van der Waals surface area contributed by atoms with Crippen LogP contribution in [-0.2, 0) is 0 Å². The van der Waals surface area contributed by atoms with Crippen molar-refractivity contribution in [1.29, 1.82) is 0 Å². The number of nitrogens with zero attached hydrogens (tertiary/aromatic N) is 2. The maximum atomic E-state index is 12.4. The third kappa shape index (κ3) is 4.58. The summed E-state index contributed by atoms with van der Waals surface area (Å²) in [4.78, 5) is 16.8. The van der Waals surface area contributed by atoms with Gasteiger partial charge < -0.3 is 10.2 Å². The van der Waals surface area contributed by atoms with Gasteiger partial charge in [0.05, 0.1) is 6.04 Å². The first-order valence-electron chi connectivity index (χ1n) is 9.87. The largest absolute Gasteiger partial charge is 0.322 e. The van der Waals surface area contributed by atoms with Crippen LogP contribution in [0.2, 0.25) is 0 Å². The molecule has 27 heavy (non-hydrogen) atoms. The van der Waals surface area contributed by atoms with Gasteiger partial charge in [0, 0.05) is 32.4 Å². The summed E-state index contributed by atoms with van der Waals surface area (Å²) in [6.07, 6.45) is 6.44. The zero-order valence-electron chi connectivity index (χ0n) is 15.6. The molecule has 1 saturated heterocycles. The van der Waals surface area contributed by atoms with E-state index in [1.165, 1.54) is 24.0 Å². The summed E-state index contributed by atoms with van der Waals surface area (Å²) >= 11 is 0. The molecule has 140 valence electrons. The zero-order valence-corrected chi connectivity index (χ0v) is 15.6. The highest BCUT2D eigenvalue weighted by Gasteiger charge is 2.28. The highest BCUT2D eigenvalue weighted by atomic mass is 16.2. The van der Waals surface area contributed by atoms with Crippen LogP contribution in [-0.4, -0.2) is 42.0 Å². The molecule has 1 N–H and O–H groups in total. The summed E-state index contributed by atoms with van der Waals surface area (Å²) in [7, 11) is 0. The molecule has 2 aliphatic rings. The average Bonchev–Trinajstić information content (AvgIpc) is 3.55. The Labute approximate surface area is 161 Å². The number of hydrogen-bond acceptors (Lipinski definition) is 2. The molecular formula is C23H27N3O. The van der Waals surface area contributed by atoms with Gasteiger partial charge in [-0.3, -0.25) is 4.90 Å². The number of amides is 2. The lowest BCUT2D eigenvalue weighted by molar-refractivity contribution is 0.122. The van der Waals surface area contributed by atoms with E-state index in [9.17, 15) is 4.79 Å². The van der Waals surface area contributed by atoms with Crippen molar-refractivity contribution in [3.8, 4) is 0 Å². The van der Waals surface area contributed by atoms with E-state index >= 15 is 0 Å². The molecule has 0 atom stereocenters. The van der Waals surface area contributed by atoms with Crippen LogP contribution in [0.25, 0.3) is 0 Å². The van der Waals surface area contributed by atoms with E-state index in [0.717, 1.165) is 26.2 Å². The normalized spacial score (nSPS) is 18.2. The van der Waals surface area contributed by atoms with Crippen LogP contribution < -0.4 is 5.32 Å². The number of nitrogens with one attached hydrogen (secondary N) is 1. The summed E-state index contributed by atoms with van der Waals surface area (Å²) < 4.78 is 0. The molecule has 2 aromatic rings. The predicted molar refractivity (Wildman–Crippen MR) is 108 cm³/mol. The van der Waals surface area contributed by atoms with Crippen LogP contribution in [0.1, 0.15) is 30.0 Å². The SMILES string of the molecule is O=C(N/C=C/C1CC1)N1CCN(C(c2ccccc2)c2ccccc2)CC1. The number of benzene rings is 2. The molecule has 2 fully saturated rings. The van der Waals surface area contributed by atoms with Gasteiger partial charge in [-0.2, -0.15) is 0 Å². The maximum absolute atomic E-state index is 12.4. The molecule has 4 nitrogen and oxygen atoms in total. The minimum Gasteiger partial charge on any atom is -0.322 e. The first kappa shape index (κ1) is 17.8. The molecule has 1 heterocycles. The molecular weight excluding hydrogens is 334 g/mol. The Hall–Kier alpha value is -2.59. The van der Waals surface area contributed by atoms with Gasteiger partial charge in [-0.25, -0.2) is 4.79 Å². The topological polar surface area (TPSA) is 35.6 Å². The average molecular weight is 361 g/mol. The third-order valence-corrected chi connectivity index (χ3v) is 5.39. The molecule has 4 rings (SSSR count). The highest BCUT2D eigenvalue weighted by molar-refractivity contribution is 5.75. The van der Waals surface area contributed by atoms with Crippen LogP contribution in [0.3, 0.4) is 0 Å². The number of carbonyl (C=O) groups is 1. The fourth-order valence-corrected chi connectivity index (χ4v) is 3.70. The lowest BCUT2D eigenvalue weighted by Gasteiger charge is -2.39. The summed E-state index contributed by atoms with van der Waals surface area (Å²) in [5.41, 5.74) is 2.60. The van der Waals surface area contributed by atoms with Crippen LogP contribution in [0.15, 0.2) is 72.9 Å².